The third-order valence-electron chi connectivity index (χ3n) is 2.06. The fourth-order valence-electron chi connectivity index (χ4n) is 1.23. The zero-order valence-corrected chi connectivity index (χ0v) is 8.54. The molecular weight excluding hydrogens is 168 g/mol. The number of carbonyl (C=O) groups excluding carboxylic acids is 1. The highest BCUT2D eigenvalue weighted by molar-refractivity contribution is 5.96. The van der Waals surface area contributed by atoms with E-state index in [0.29, 0.717) is 12.3 Å². The van der Waals surface area contributed by atoms with E-state index in [0.717, 1.165) is 12.8 Å². The van der Waals surface area contributed by atoms with Gasteiger partial charge in [-0.3, -0.25) is 9.59 Å². The van der Waals surface area contributed by atoms with E-state index >= 15 is 0 Å². The smallest absolute Gasteiger partial charge is 0.314 e. The van der Waals surface area contributed by atoms with Gasteiger partial charge in [0.1, 0.15) is 11.7 Å². The molecule has 1 N–H and O–H groups in total. The molecule has 0 saturated heterocycles. The Kier molecular flexibility index (Phi) is 5.35. The van der Waals surface area contributed by atoms with Gasteiger partial charge in [-0.25, -0.2) is 0 Å². The second-order valence-corrected chi connectivity index (χ2v) is 3.83. The van der Waals surface area contributed by atoms with Gasteiger partial charge >= 0.3 is 5.97 Å². The average molecular weight is 186 g/mol. The Morgan fingerprint density at radius 1 is 1.23 bits per heavy atom. The quantitative estimate of drug-likeness (QED) is 0.646. The van der Waals surface area contributed by atoms with Crippen molar-refractivity contribution in [3.8, 4) is 0 Å². The van der Waals surface area contributed by atoms with Gasteiger partial charge in [0, 0.05) is 0 Å². The highest BCUT2D eigenvalue weighted by Gasteiger charge is 2.21. The minimum Gasteiger partial charge on any atom is -0.481 e. The van der Waals surface area contributed by atoms with Crippen molar-refractivity contribution in [1.82, 2.24) is 0 Å². The van der Waals surface area contributed by atoms with Crippen molar-refractivity contribution in [2.75, 3.05) is 0 Å². The summed E-state index contributed by atoms with van der Waals surface area (Å²) >= 11 is 0. The third kappa shape index (κ3) is 5.39. The van der Waals surface area contributed by atoms with Crippen molar-refractivity contribution in [3.63, 3.8) is 0 Å². The van der Waals surface area contributed by atoms with E-state index in [4.69, 9.17) is 5.11 Å². The number of carbonyl (C=O) groups is 2. The number of Topliss-reactive ketones (excluding diaryl/α,β-unsaturated/α-hetero) is 1. The maximum Gasteiger partial charge on any atom is 0.314 e. The molecule has 1 unspecified atom stereocenters. The molecule has 0 radical (unpaired) electrons. The van der Waals surface area contributed by atoms with Crippen LogP contribution in [0.1, 0.15) is 40.0 Å². The number of carboxylic acids is 1. The van der Waals surface area contributed by atoms with Gasteiger partial charge in [-0.15, -0.1) is 0 Å². The lowest BCUT2D eigenvalue weighted by Gasteiger charge is -2.09. The zero-order valence-electron chi connectivity index (χ0n) is 8.54. The number of aliphatic carboxylic acids is 1. The molecule has 0 aliphatic heterocycles. The van der Waals surface area contributed by atoms with E-state index in [-0.39, 0.29) is 5.78 Å². The average Bonchev–Trinajstić information content (AvgIpc) is 1.95. The van der Waals surface area contributed by atoms with E-state index < -0.39 is 11.9 Å². The van der Waals surface area contributed by atoms with Crippen LogP contribution in [0.15, 0.2) is 0 Å². The monoisotopic (exact) mass is 186 g/mol. The fraction of sp³-hybridized carbons (Fsp3) is 0.800. The Balaban J connectivity index is 3.84. The molecule has 76 valence electrons. The summed E-state index contributed by atoms with van der Waals surface area (Å²) in [5.74, 6) is -1.45. The van der Waals surface area contributed by atoms with Gasteiger partial charge in [-0.05, 0) is 19.3 Å². The highest BCUT2D eigenvalue weighted by Crippen LogP contribution is 2.13. The number of hydrogen-bond donors (Lipinski definition) is 1. The van der Waals surface area contributed by atoms with Crippen molar-refractivity contribution < 1.29 is 14.7 Å². The van der Waals surface area contributed by atoms with E-state index in [9.17, 15) is 9.59 Å². The van der Waals surface area contributed by atoms with Crippen molar-refractivity contribution in [2.24, 2.45) is 11.8 Å². The van der Waals surface area contributed by atoms with Gasteiger partial charge in [0.2, 0.25) is 0 Å². The van der Waals surface area contributed by atoms with Crippen LogP contribution in [-0.4, -0.2) is 16.9 Å². The standard InChI is InChI=1S/C10H18O3/c1-7(2)5-4-6-9(8(3)11)10(12)13/h7,9H,4-6H2,1-3H3,(H,12,13). The number of rotatable bonds is 6. The molecule has 0 saturated carbocycles. The summed E-state index contributed by atoms with van der Waals surface area (Å²) in [6.07, 6.45) is 2.27. The first-order valence-corrected chi connectivity index (χ1v) is 4.68. The molecule has 13 heavy (non-hydrogen) atoms. The van der Waals surface area contributed by atoms with Crippen LogP contribution in [0.3, 0.4) is 0 Å². The van der Waals surface area contributed by atoms with E-state index in [1.807, 2.05) is 0 Å². The minimum absolute atomic E-state index is 0.240. The Morgan fingerprint density at radius 3 is 2.08 bits per heavy atom. The second-order valence-electron chi connectivity index (χ2n) is 3.83. The summed E-state index contributed by atoms with van der Waals surface area (Å²) in [5.41, 5.74) is 0. The molecule has 0 aromatic rings. The van der Waals surface area contributed by atoms with Crippen LogP contribution in [0.5, 0.6) is 0 Å². The number of ketones is 1. The fourth-order valence-corrected chi connectivity index (χ4v) is 1.23. The Morgan fingerprint density at radius 2 is 1.77 bits per heavy atom. The van der Waals surface area contributed by atoms with Crippen molar-refractivity contribution in [2.45, 2.75) is 40.0 Å². The summed E-state index contributed by atoms with van der Waals surface area (Å²) in [6.45, 7) is 5.52. The zero-order chi connectivity index (χ0) is 10.4. The minimum atomic E-state index is -0.990. The van der Waals surface area contributed by atoms with Crippen LogP contribution in [-0.2, 0) is 9.59 Å². The van der Waals surface area contributed by atoms with E-state index in [1.165, 1.54) is 6.92 Å². The third-order valence-corrected chi connectivity index (χ3v) is 2.06. The second kappa shape index (κ2) is 5.73. The SMILES string of the molecule is CC(=O)C(CCCC(C)C)C(=O)O. The predicted octanol–water partition coefficient (Wildman–Crippen LogP) is 2.10. The topological polar surface area (TPSA) is 54.4 Å². The van der Waals surface area contributed by atoms with Crippen LogP contribution >= 0.6 is 0 Å². The summed E-state index contributed by atoms with van der Waals surface area (Å²) in [7, 11) is 0. The molecule has 0 heterocycles. The molecule has 0 aliphatic carbocycles. The van der Waals surface area contributed by atoms with Gasteiger partial charge in [0.15, 0.2) is 0 Å². The number of hydrogen-bond acceptors (Lipinski definition) is 2. The van der Waals surface area contributed by atoms with Crippen molar-refractivity contribution >= 4 is 11.8 Å². The van der Waals surface area contributed by atoms with Crippen LogP contribution in [0.25, 0.3) is 0 Å². The highest BCUT2D eigenvalue weighted by atomic mass is 16.4. The van der Waals surface area contributed by atoms with Gasteiger partial charge < -0.3 is 5.11 Å². The molecule has 0 aromatic carbocycles. The first kappa shape index (κ1) is 12.1. The largest absolute Gasteiger partial charge is 0.481 e. The van der Waals surface area contributed by atoms with E-state index in [1.54, 1.807) is 0 Å². The maximum atomic E-state index is 10.9. The lowest BCUT2D eigenvalue weighted by molar-refractivity contribution is -0.146. The summed E-state index contributed by atoms with van der Waals surface area (Å²) in [6, 6.07) is 0. The summed E-state index contributed by atoms with van der Waals surface area (Å²) in [4.78, 5) is 21.5. The number of carboxylic acid groups (broad SMARTS) is 1. The van der Waals surface area contributed by atoms with Crippen molar-refractivity contribution in [1.29, 1.82) is 0 Å². The molecule has 0 rings (SSSR count). The van der Waals surface area contributed by atoms with Gasteiger partial charge in [0.25, 0.3) is 0 Å². The van der Waals surface area contributed by atoms with Crippen LogP contribution in [0.4, 0.5) is 0 Å². The molecule has 0 spiro atoms. The Hall–Kier alpha value is -0.860. The molecule has 3 heteroatoms. The molecule has 3 nitrogen and oxygen atoms in total. The van der Waals surface area contributed by atoms with Crippen molar-refractivity contribution in [3.05, 3.63) is 0 Å². The molecule has 0 aromatic heterocycles. The van der Waals surface area contributed by atoms with Crippen LogP contribution < -0.4 is 0 Å². The lowest BCUT2D eigenvalue weighted by Crippen LogP contribution is -2.21. The van der Waals surface area contributed by atoms with Crippen LogP contribution in [0, 0.1) is 11.8 Å². The Bertz CT molecular complexity index is 171. The molecule has 0 fully saturated rings. The van der Waals surface area contributed by atoms with Crippen LogP contribution in [0.2, 0.25) is 0 Å². The molecule has 0 bridgehead atoms. The first-order chi connectivity index (χ1) is 5.95. The van der Waals surface area contributed by atoms with Gasteiger partial charge in [-0.2, -0.15) is 0 Å². The molecule has 0 amide bonds. The normalized spacial score (nSPS) is 12.9. The first-order valence-electron chi connectivity index (χ1n) is 4.68. The molecule has 0 aliphatic rings. The summed E-state index contributed by atoms with van der Waals surface area (Å²) < 4.78 is 0. The van der Waals surface area contributed by atoms with Gasteiger partial charge in [0.05, 0.1) is 0 Å². The van der Waals surface area contributed by atoms with Gasteiger partial charge in [-0.1, -0.05) is 26.7 Å². The molecule has 1 atom stereocenters. The predicted molar refractivity (Wildman–Crippen MR) is 50.5 cm³/mol. The Labute approximate surface area is 79.1 Å². The lowest BCUT2D eigenvalue weighted by atomic mass is 9.96. The summed E-state index contributed by atoms with van der Waals surface area (Å²) in [5, 5.41) is 8.69. The van der Waals surface area contributed by atoms with E-state index in [2.05, 4.69) is 13.8 Å². The maximum absolute atomic E-state index is 10.9. The molecular formula is C10H18O3.